The molecule has 0 atom stereocenters. The van der Waals surface area contributed by atoms with Crippen LogP contribution in [0.15, 0.2) is 35.0 Å². The van der Waals surface area contributed by atoms with Crippen molar-refractivity contribution in [3.8, 4) is 6.07 Å². The van der Waals surface area contributed by atoms with Gasteiger partial charge in [0.1, 0.15) is 0 Å². The summed E-state index contributed by atoms with van der Waals surface area (Å²) >= 11 is 1.43. The Morgan fingerprint density at radius 3 is 2.67 bits per heavy atom. The van der Waals surface area contributed by atoms with Gasteiger partial charge in [0.2, 0.25) is 5.91 Å². The lowest BCUT2D eigenvalue weighted by Crippen LogP contribution is -2.15. The molecule has 0 unspecified atom stereocenters. The van der Waals surface area contributed by atoms with Gasteiger partial charge in [-0.25, -0.2) is 0 Å². The molecule has 2 rings (SSSR count). The van der Waals surface area contributed by atoms with Gasteiger partial charge in [-0.1, -0.05) is 0 Å². The molecular formula is C14H9F3N2OS. The Labute approximate surface area is 122 Å². The Morgan fingerprint density at radius 2 is 2.10 bits per heavy atom. The molecule has 1 N–H and O–H groups in total. The average Bonchev–Trinajstić information content (AvgIpc) is 2.90. The van der Waals surface area contributed by atoms with Gasteiger partial charge < -0.3 is 5.32 Å². The molecule has 1 aromatic heterocycles. The van der Waals surface area contributed by atoms with Gasteiger partial charge in [0.05, 0.1) is 23.6 Å². The lowest BCUT2D eigenvalue weighted by molar-refractivity contribution is -0.137. The van der Waals surface area contributed by atoms with Crippen molar-refractivity contribution in [2.45, 2.75) is 12.6 Å². The maximum atomic E-state index is 12.8. The summed E-state index contributed by atoms with van der Waals surface area (Å²) < 4.78 is 38.4. The second kappa shape index (κ2) is 5.97. The molecule has 0 fully saturated rings. The highest BCUT2D eigenvalue weighted by atomic mass is 32.1. The number of halogens is 3. The Bertz CT molecular complexity index is 687. The maximum Gasteiger partial charge on any atom is 0.417 e. The van der Waals surface area contributed by atoms with Crippen LogP contribution in [0.4, 0.5) is 18.9 Å². The number of nitriles is 1. The molecule has 0 aliphatic rings. The molecule has 0 aliphatic heterocycles. The second-order valence-electron chi connectivity index (χ2n) is 4.23. The summed E-state index contributed by atoms with van der Waals surface area (Å²) in [6.45, 7) is 0. The number of alkyl halides is 3. The largest absolute Gasteiger partial charge is 0.417 e. The van der Waals surface area contributed by atoms with Crippen LogP contribution in [0.5, 0.6) is 0 Å². The maximum absolute atomic E-state index is 12.8. The molecule has 0 saturated heterocycles. The molecule has 1 amide bonds. The minimum Gasteiger partial charge on any atom is -0.326 e. The SMILES string of the molecule is N#Cc1ccc(NC(=O)Cc2ccsc2)cc1C(F)(F)F. The molecular weight excluding hydrogens is 301 g/mol. The first-order chi connectivity index (χ1) is 9.90. The number of hydrogen-bond donors (Lipinski definition) is 1. The molecule has 1 aromatic carbocycles. The van der Waals surface area contributed by atoms with Crippen molar-refractivity contribution in [3.63, 3.8) is 0 Å². The summed E-state index contributed by atoms with van der Waals surface area (Å²) in [5, 5.41) is 14.7. The van der Waals surface area contributed by atoms with E-state index >= 15 is 0 Å². The highest BCUT2D eigenvalue weighted by molar-refractivity contribution is 7.08. The first-order valence-electron chi connectivity index (χ1n) is 5.82. The molecule has 0 aliphatic carbocycles. The van der Waals surface area contributed by atoms with E-state index in [2.05, 4.69) is 5.32 Å². The number of anilines is 1. The molecule has 21 heavy (non-hydrogen) atoms. The van der Waals surface area contributed by atoms with Gasteiger partial charge in [-0.15, -0.1) is 0 Å². The predicted molar refractivity (Wildman–Crippen MR) is 72.8 cm³/mol. The molecule has 2 aromatic rings. The van der Waals surface area contributed by atoms with Crippen molar-refractivity contribution >= 4 is 22.9 Å². The van der Waals surface area contributed by atoms with Crippen LogP contribution < -0.4 is 5.32 Å². The number of nitrogens with zero attached hydrogens (tertiary/aromatic N) is 1. The molecule has 7 heteroatoms. The zero-order valence-corrected chi connectivity index (χ0v) is 11.4. The molecule has 3 nitrogen and oxygen atoms in total. The number of rotatable bonds is 3. The van der Waals surface area contributed by atoms with Crippen molar-refractivity contribution in [1.82, 2.24) is 0 Å². The highest BCUT2D eigenvalue weighted by Crippen LogP contribution is 2.33. The van der Waals surface area contributed by atoms with Crippen molar-refractivity contribution < 1.29 is 18.0 Å². The number of carbonyl (C=O) groups excluding carboxylic acids is 1. The quantitative estimate of drug-likeness (QED) is 0.937. The fourth-order valence-electron chi connectivity index (χ4n) is 1.74. The fourth-order valence-corrected chi connectivity index (χ4v) is 2.41. The van der Waals surface area contributed by atoms with Crippen molar-refractivity contribution in [1.29, 1.82) is 5.26 Å². The number of carbonyl (C=O) groups is 1. The van der Waals surface area contributed by atoms with E-state index in [4.69, 9.17) is 5.26 Å². The zero-order chi connectivity index (χ0) is 15.5. The first-order valence-corrected chi connectivity index (χ1v) is 6.76. The van der Waals surface area contributed by atoms with E-state index < -0.39 is 23.2 Å². The summed E-state index contributed by atoms with van der Waals surface area (Å²) in [6.07, 6.45) is -4.55. The minimum absolute atomic E-state index is 0.0153. The summed E-state index contributed by atoms with van der Waals surface area (Å²) in [4.78, 5) is 11.7. The monoisotopic (exact) mass is 310 g/mol. The average molecular weight is 310 g/mol. The number of hydrogen-bond acceptors (Lipinski definition) is 3. The third kappa shape index (κ3) is 3.83. The Morgan fingerprint density at radius 1 is 1.33 bits per heavy atom. The van der Waals surface area contributed by atoms with Crippen LogP contribution in [-0.4, -0.2) is 5.91 Å². The summed E-state index contributed by atoms with van der Waals surface area (Å²) in [6, 6.07) is 6.35. The zero-order valence-electron chi connectivity index (χ0n) is 10.6. The third-order valence-corrected chi connectivity index (χ3v) is 3.41. The molecule has 1 heterocycles. The van der Waals surface area contributed by atoms with Crippen LogP contribution in [0.2, 0.25) is 0 Å². The van der Waals surface area contributed by atoms with Crippen molar-refractivity contribution in [2.75, 3.05) is 5.32 Å². The summed E-state index contributed by atoms with van der Waals surface area (Å²) in [5.74, 6) is -0.411. The number of benzene rings is 1. The van der Waals surface area contributed by atoms with Crippen LogP contribution in [0.3, 0.4) is 0 Å². The normalized spacial score (nSPS) is 11.0. The fraction of sp³-hybridized carbons (Fsp3) is 0.143. The van der Waals surface area contributed by atoms with Gasteiger partial charge in [-0.2, -0.15) is 29.8 Å². The van der Waals surface area contributed by atoms with Crippen LogP contribution in [0, 0.1) is 11.3 Å². The number of nitrogens with one attached hydrogen (secondary N) is 1. The van der Waals surface area contributed by atoms with Gasteiger partial charge in [0.15, 0.2) is 0 Å². The van der Waals surface area contributed by atoms with Crippen molar-refractivity contribution in [3.05, 3.63) is 51.7 Å². The summed E-state index contributed by atoms with van der Waals surface area (Å²) in [7, 11) is 0. The third-order valence-electron chi connectivity index (χ3n) is 2.67. The smallest absolute Gasteiger partial charge is 0.326 e. The van der Waals surface area contributed by atoms with Gasteiger partial charge in [-0.05, 0) is 40.6 Å². The highest BCUT2D eigenvalue weighted by Gasteiger charge is 2.33. The first kappa shape index (κ1) is 15.1. The number of thiophene rings is 1. The standard InChI is InChI=1S/C14H9F3N2OS/c15-14(16,17)12-6-11(2-1-10(12)7-18)19-13(20)5-9-3-4-21-8-9/h1-4,6,8H,5H2,(H,19,20). The minimum atomic E-state index is -4.64. The Kier molecular flexibility index (Phi) is 4.29. The van der Waals surface area contributed by atoms with E-state index in [0.29, 0.717) is 0 Å². The van der Waals surface area contributed by atoms with E-state index in [9.17, 15) is 18.0 Å². The molecule has 0 spiro atoms. The van der Waals surface area contributed by atoms with Crippen LogP contribution >= 0.6 is 11.3 Å². The van der Waals surface area contributed by atoms with Gasteiger partial charge >= 0.3 is 6.18 Å². The van der Waals surface area contributed by atoms with E-state index in [-0.39, 0.29) is 12.1 Å². The van der Waals surface area contributed by atoms with Crippen molar-refractivity contribution in [2.24, 2.45) is 0 Å². The molecule has 0 saturated carbocycles. The topological polar surface area (TPSA) is 52.9 Å². The van der Waals surface area contributed by atoms with Crippen LogP contribution in [-0.2, 0) is 17.4 Å². The van der Waals surface area contributed by atoms with E-state index in [0.717, 1.165) is 17.7 Å². The second-order valence-corrected chi connectivity index (χ2v) is 5.01. The lowest BCUT2D eigenvalue weighted by atomic mass is 10.1. The van der Waals surface area contributed by atoms with E-state index in [1.54, 1.807) is 11.4 Å². The van der Waals surface area contributed by atoms with E-state index in [1.807, 2.05) is 5.38 Å². The van der Waals surface area contributed by atoms with E-state index in [1.165, 1.54) is 23.5 Å². The Hall–Kier alpha value is -2.33. The Balaban J connectivity index is 2.18. The van der Waals surface area contributed by atoms with Gasteiger partial charge in [0.25, 0.3) is 0 Å². The lowest BCUT2D eigenvalue weighted by Gasteiger charge is -2.11. The molecule has 108 valence electrons. The predicted octanol–water partition coefficient (Wildman–Crippen LogP) is 3.82. The van der Waals surface area contributed by atoms with Crippen LogP contribution in [0.1, 0.15) is 16.7 Å². The summed E-state index contributed by atoms with van der Waals surface area (Å²) in [5.41, 5.74) is -0.722. The molecule has 0 bridgehead atoms. The van der Waals surface area contributed by atoms with Gasteiger partial charge in [0, 0.05) is 5.69 Å². The van der Waals surface area contributed by atoms with Crippen LogP contribution in [0.25, 0.3) is 0 Å². The molecule has 0 radical (unpaired) electrons. The number of amides is 1. The van der Waals surface area contributed by atoms with Gasteiger partial charge in [-0.3, -0.25) is 4.79 Å².